The summed E-state index contributed by atoms with van der Waals surface area (Å²) in [6, 6.07) is 7.42. The average Bonchev–Trinajstić information content (AvgIpc) is 3.31. The zero-order valence-corrected chi connectivity index (χ0v) is 17.0. The third-order valence-electron chi connectivity index (χ3n) is 4.24. The van der Waals surface area contributed by atoms with Crippen molar-refractivity contribution in [1.82, 2.24) is 19.8 Å². The Bertz CT molecular complexity index is 956. The molecule has 28 heavy (non-hydrogen) atoms. The lowest BCUT2D eigenvalue weighted by Gasteiger charge is -2.15. The molecule has 150 valence electrons. The maximum Gasteiger partial charge on any atom is 0.270 e. The highest BCUT2D eigenvalue weighted by molar-refractivity contribution is 7.91. The van der Waals surface area contributed by atoms with E-state index in [0.717, 1.165) is 35.4 Å². The molecule has 0 saturated carbocycles. The Balaban J connectivity index is 1.57. The Hall–Kier alpha value is -2.37. The van der Waals surface area contributed by atoms with Crippen LogP contribution >= 0.6 is 11.3 Å². The van der Waals surface area contributed by atoms with Crippen LogP contribution in [0.5, 0.6) is 0 Å². The zero-order valence-electron chi connectivity index (χ0n) is 15.3. The number of aromatic nitrogens is 2. The Morgan fingerprint density at radius 3 is 2.57 bits per heavy atom. The van der Waals surface area contributed by atoms with Crippen molar-refractivity contribution in [2.24, 2.45) is 0 Å². The summed E-state index contributed by atoms with van der Waals surface area (Å²) in [4.78, 5) is 24.9. The van der Waals surface area contributed by atoms with E-state index < -0.39 is 10.0 Å². The van der Waals surface area contributed by atoms with E-state index in [1.807, 2.05) is 29.2 Å². The number of hydrogen-bond donors (Lipinski definition) is 2. The molecule has 2 amide bonds. The predicted molar refractivity (Wildman–Crippen MR) is 104 cm³/mol. The second-order valence-electron chi connectivity index (χ2n) is 6.33. The Morgan fingerprint density at radius 2 is 1.93 bits per heavy atom. The smallest absolute Gasteiger partial charge is 0.270 e. The van der Waals surface area contributed by atoms with E-state index in [9.17, 15) is 18.0 Å². The van der Waals surface area contributed by atoms with E-state index in [2.05, 4.69) is 20.2 Å². The van der Waals surface area contributed by atoms with E-state index in [4.69, 9.17) is 0 Å². The van der Waals surface area contributed by atoms with Crippen molar-refractivity contribution in [3.8, 4) is 0 Å². The van der Waals surface area contributed by atoms with Crippen LogP contribution in [-0.2, 0) is 32.7 Å². The van der Waals surface area contributed by atoms with Gasteiger partial charge in [0.25, 0.3) is 10.0 Å². The first kappa shape index (κ1) is 20.4. The van der Waals surface area contributed by atoms with Crippen molar-refractivity contribution in [3.05, 3.63) is 35.4 Å². The average molecular weight is 424 g/mol. The van der Waals surface area contributed by atoms with Crippen LogP contribution in [0.1, 0.15) is 37.3 Å². The lowest BCUT2D eigenvalue weighted by atomic mass is 10.1. The fourth-order valence-electron chi connectivity index (χ4n) is 2.67. The second kappa shape index (κ2) is 8.76. The van der Waals surface area contributed by atoms with E-state index in [0.29, 0.717) is 13.0 Å². The minimum atomic E-state index is -3.83. The van der Waals surface area contributed by atoms with E-state index >= 15 is 0 Å². The quantitative estimate of drug-likeness (QED) is 0.621. The van der Waals surface area contributed by atoms with Gasteiger partial charge >= 0.3 is 0 Å². The molecule has 2 N–H and O–H groups in total. The van der Waals surface area contributed by atoms with Crippen LogP contribution in [-0.4, -0.2) is 41.9 Å². The van der Waals surface area contributed by atoms with Crippen LogP contribution < -0.4 is 10.0 Å². The number of carbonyl (C=O) groups is 2. The number of sulfonamides is 1. The number of rotatable bonds is 8. The third-order valence-corrected chi connectivity index (χ3v) is 6.85. The normalized spacial score (nSPS) is 14.5. The molecular formula is C17H21N5O4S2. The SMILES string of the molecule is CCC(=O)Nc1nnc(S(=O)(=O)NCc2ccc(CN3CCCC3=O)cc2)s1. The van der Waals surface area contributed by atoms with Crippen LogP contribution in [0.3, 0.4) is 0 Å². The molecule has 0 unspecified atom stereocenters. The summed E-state index contributed by atoms with van der Waals surface area (Å²) < 4.78 is 27.0. The molecule has 1 aliphatic heterocycles. The summed E-state index contributed by atoms with van der Waals surface area (Å²) in [5.41, 5.74) is 1.78. The molecule has 1 fully saturated rings. The molecule has 2 heterocycles. The first-order chi connectivity index (χ1) is 13.4. The summed E-state index contributed by atoms with van der Waals surface area (Å²) in [5.74, 6) is -0.0906. The van der Waals surface area contributed by atoms with Gasteiger partial charge in [-0.1, -0.05) is 42.5 Å². The summed E-state index contributed by atoms with van der Waals surface area (Å²) in [5, 5.41) is 9.94. The highest BCUT2D eigenvalue weighted by atomic mass is 32.2. The lowest BCUT2D eigenvalue weighted by Crippen LogP contribution is -2.24. The summed E-state index contributed by atoms with van der Waals surface area (Å²) in [7, 11) is -3.83. The molecule has 1 aromatic heterocycles. The van der Waals surface area contributed by atoms with Gasteiger partial charge in [-0.15, -0.1) is 10.2 Å². The van der Waals surface area contributed by atoms with Gasteiger partial charge in [0.05, 0.1) is 0 Å². The van der Waals surface area contributed by atoms with Gasteiger partial charge in [-0.05, 0) is 17.5 Å². The first-order valence-corrected chi connectivity index (χ1v) is 11.2. The molecule has 0 spiro atoms. The predicted octanol–water partition coefficient (Wildman–Crippen LogP) is 1.49. The fourth-order valence-corrected chi connectivity index (χ4v) is 4.65. The largest absolute Gasteiger partial charge is 0.338 e. The number of amides is 2. The number of anilines is 1. The van der Waals surface area contributed by atoms with Crippen LogP contribution in [0.4, 0.5) is 5.13 Å². The lowest BCUT2D eigenvalue weighted by molar-refractivity contribution is -0.128. The zero-order chi connectivity index (χ0) is 20.1. The molecule has 1 saturated heterocycles. The number of likely N-dealkylation sites (tertiary alicyclic amines) is 1. The molecule has 1 aliphatic rings. The fraction of sp³-hybridized carbons (Fsp3) is 0.412. The Kier molecular flexibility index (Phi) is 6.37. The van der Waals surface area contributed by atoms with Gasteiger partial charge in [-0.25, -0.2) is 13.1 Å². The Labute approximate surface area is 167 Å². The van der Waals surface area contributed by atoms with Gasteiger partial charge in [-0.3, -0.25) is 9.59 Å². The molecule has 2 aromatic rings. The van der Waals surface area contributed by atoms with Crippen LogP contribution in [0.25, 0.3) is 0 Å². The monoisotopic (exact) mass is 423 g/mol. The van der Waals surface area contributed by atoms with Crippen molar-refractivity contribution >= 4 is 38.3 Å². The van der Waals surface area contributed by atoms with Crippen molar-refractivity contribution < 1.29 is 18.0 Å². The molecule has 0 radical (unpaired) electrons. The van der Waals surface area contributed by atoms with Gasteiger partial charge in [0, 0.05) is 32.5 Å². The van der Waals surface area contributed by atoms with Gasteiger partial charge in [0.1, 0.15) is 0 Å². The van der Waals surface area contributed by atoms with Gasteiger partial charge < -0.3 is 10.2 Å². The van der Waals surface area contributed by atoms with Crippen LogP contribution in [0, 0.1) is 0 Å². The summed E-state index contributed by atoms with van der Waals surface area (Å²) in [6.07, 6.45) is 1.77. The number of nitrogens with one attached hydrogen (secondary N) is 2. The van der Waals surface area contributed by atoms with Crippen molar-refractivity contribution in [2.75, 3.05) is 11.9 Å². The molecule has 0 aliphatic carbocycles. The van der Waals surface area contributed by atoms with Crippen LogP contribution in [0.2, 0.25) is 0 Å². The van der Waals surface area contributed by atoms with Crippen molar-refractivity contribution in [1.29, 1.82) is 0 Å². The minimum absolute atomic E-state index is 0.0987. The highest BCUT2D eigenvalue weighted by Gasteiger charge is 2.21. The standard InChI is InChI=1S/C17H21N5O4S2/c1-2-14(23)19-16-20-21-17(27-16)28(25,26)18-10-12-5-7-13(8-6-12)11-22-9-3-4-15(22)24/h5-8,18H,2-4,9-11H2,1H3,(H,19,20,23). The summed E-state index contributed by atoms with van der Waals surface area (Å²) in [6.45, 7) is 3.14. The first-order valence-electron chi connectivity index (χ1n) is 8.86. The maximum absolute atomic E-state index is 12.3. The van der Waals surface area contributed by atoms with Crippen molar-refractivity contribution in [2.45, 2.75) is 43.6 Å². The van der Waals surface area contributed by atoms with E-state index in [1.54, 1.807) is 6.92 Å². The van der Waals surface area contributed by atoms with E-state index in [-0.39, 0.29) is 34.3 Å². The van der Waals surface area contributed by atoms with Crippen molar-refractivity contribution in [3.63, 3.8) is 0 Å². The number of hydrogen-bond acceptors (Lipinski definition) is 7. The molecule has 0 atom stereocenters. The molecular weight excluding hydrogens is 402 g/mol. The Morgan fingerprint density at radius 1 is 1.21 bits per heavy atom. The minimum Gasteiger partial charge on any atom is -0.338 e. The summed E-state index contributed by atoms with van der Waals surface area (Å²) >= 11 is 0.797. The number of carbonyl (C=O) groups excluding carboxylic acids is 2. The second-order valence-corrected chi connectivity index (χ2v) is 9.25. The highest BCUT2D eigenvalue weighted by Crippen LogP contribution is 2.20. The third kappa shape index (κ3) is 5.12. The molecule has 9 nitrogen and oxygen atoms in total. The van der Waals surface area contributed by atoms with Crippen LogP contribution in [0.15, 0.2) is 28.6 Å². The van der Waals surface area contributed by atoms with E-state index in [1.165, 1.54) is 0 Å². The van der Waals surface area contributed by atoms with Gasteiger partial charge in [0.15, 0.2) is 0 Å². The molecule has 1 aromatic carbocycles. The maximum atomic E-state index is 12.3. The topological polar surface area (TPSA) is 121 Å². The molecule has 0 bridgehead atoms. The molecule has 3 rings (SSSR count). The number of benzene rings is 1. The van der Waals surface area contributed by atoms with Gasteiger partial charge in [0.2, 0.25) is 21.3 Å². The van der Waals surface area contributed by atoms with Gasteiger partial charge in [-0.2, -0.15) is 0 Å². The number of nitrogens with zero attached hydrogens (tertiary/aromatic N) is 3. The molecule has 11 heteroatoms.